The van der Waals surface area contributed by atoms with Gasteiger partial charge >= 0.3 is 17.9 Å². The molecule has 2 heterocycles. The lowest BCUT2D eigenvalue weighted by molar-refractivity contribution is -0.163. The minimum atomic E-state index is -1.21. The maximum Gasteiger partial charge on any atom is 0.352 e. The fourth-order valence-electron chi connectivity index (χ4n) is 4.01. The Kier molecular flexibility index (Phi) is 11.0. The predicted molar refractivity (Wildman–Crippen MR) is 160 cm³/mol. The summed E-state index contributed by atoms with van der Waals surface area (Å²) in [7, 11) is 0. The highest BCUT2D eigenvalue weighted by molar-refractivity contribution is 8.00. The van der Waals surface area contributed by atoms with E-state index in [0.29, 0.717) is 33.2 Å². The molecule has 11 nitrogen and oxygen atoms in total. The van der Waals surface area contributed by atoms with Crippen LogP contribution in [0, 0.1) is 0 Å². The Bertz CT molecular complexity index is 1420. The van der Waals surface area contributed by atoms with Crippen LogP contribution in [0.3, 0.4) is 0 Å². The summed E-state index contributed by atoms with van der Waals surface area (Å²) in [5.41, 5.74) is 5.87. The number of nitrogens with zero attached hydrogens (tertiary/aromatic N) is 1. The SMILES string of the molecule is CC(=O)OCC1=C(C(=O)O)N2C(=O)[C@@H](N)[C@H]2SC1.CC(C)OC(=O)C(C)(C)Oc1ccc(C(=O)c2ccc(Cl)cc2)cc1. The van der Waals surface area contributed by atoms with Crippen molar-refractivity contribution in [2.45, 2.75) is 57.7 Å². The van der Waals surface area contributed by atoms with E-state index in [1.165, 1.54) is 23.6 Å². The second-order valence-corrected chi connectivity index (χ2v) is 11.9. The summed E-state index contributed by atoms with van der Waals surface area (Å²) in [6, 6.07) is 12.7. The molecule has 0 saturated carbocycles. The van der Waals surface area contributed by atoms with Crippen molar-refractivity contribution in [3.8, 4) is 5.75 Å². The Labute approximate surface area is 258 Å². The number of thioether (sulfide) groups is 1. The van der Waals surface area contributed by atoms with Crippen LogP contribution in [0.25, 0.3) is 0 Å². The van der Waals surface area contributed by atoms with Gasteiger partial charge < -0.3 is 25.1 Å². The van der Waals surface area contributed by atoms with Gasteiger partial charge in [0, 0.05) is 34.4 Å². The van der Waals surface area contributed by atoms with Gasteiger partial charge in [0.1, 0.15) is 29.5 Å². The summed E-state index contributed by atoms with van der Waals surface area (Å²) in [6.45, 7) is 7.98. The number of nitrogens with two attached hydrogens (primary N) is 1. The second kappa shape index (κ2) is 14.1. The Balaban J connectivity index is 0.000000248. The first kappa shape index (κ1) is 33.6. The highest BCUT2D eigenvalue weighted by atomic mass is 35.5. The van der Waals surface area contributed by atoms with E-state index in [9.17, 15) is 24.0 Å². The van der Waals surface area contributed by atoms with Gasteiger partial charge in [-0.05, 0) is 76.2 Å². The zero-order chi connectivity index (χ0) is 32.1. The molecule has 0 aromatic heterocycles. The number of esters is 2. The van der Waals surface area contributed by atoms with Crippen LogP contribution in [0.4, 0.5) is 0 Å². The van der Waals surface area contributed by atoms with Gasteiger partial charge in [-0.15, -0.1) is 11.8 Å². The fourth-order valence-corrected chi connectivity index (χ4v) is 5.41. The van der Waals surface area contributed by atoms with Gasteiger partial charge in [-0.2, -0.15) is 0 Å². The Morgan fingerprint density at radius 2 is 1.63 bits per heavy atom. The summed E-state index contributed by atoms with van der Waals surface area (Å²) < 4.78 is 15.7. The van der Waals surface area contributed by atoms with E-state index in [2.05, 4.69) is 0 Å². The molecule has 2 aliphatic rings. The summed E-state index contributed by atoms with van der Waals surface area (Å²) in [5.74, 6) is -1.79. The van der Waals surface area contributed by atoms with Crippen LogP contribution in [0.5, 0.6) is 5.75 Å². The molecule has 1 saturated heterocycles. The van der Waals surface area contributed by atoms with Crippen LogP contribution in [-0.2, 0) is 28.7 Å². The molecule has 2 atom stereocenters. The first-order valence-electron chi connectivity index (χ1n) is 13.2. The summed E-state index contributed by atoms with van der Waals surface area (Å²) in [4.78, 5) is 59.2. The van der Waals surface area contributed by atoms with E-state index < -0.39 is 35.5 Å². The number of rotatable bonds is 9. The molecular formula is C30H33ClN2O9S. The number of aliphatic carboxylic acids is 1. The van der Waals surface area contributed by atoms with Crippen molar-refractivity contribution >= 4 is 53.0 Å². The lowest BCUT2D eigenvalue weighted by Crippen LogP contribution is -2.68. The monoisotopic (exact) mass is 632 g/mol. The fraction of sp³-hybridized carbons (Fsp3) is 0.367. The topological polar surface area (TPSA) is 163 Å². The van der Waals surface area contributed by atoms with Crippen molar-refractivity contribution in [2.75, 3.05) is 12.4 Å². The number of carboxylic acids is 1. The maximum atomic E-state index is 12.4. The van der Waals surface area contributed by atoms with E-state index in [-0.39, 0.29) is 29.6 Å². The van der Waals surface area contributed by atoms with Crippen molar-refractivity contribution in [1.29, 1.82) is 0 Å². The summed E-state index contributed by atoms with van der Waals surface area (Å²) >= 11 is 7.21. The van der Waals surface area contributed by atoms with E-state index in [1.807, 2.05) is 0 Å². The van der Waals surface area contributed by atoms with Gasteiger partial charge in [-0.1, -0.05) is 11.6 Å². The standard InChI is InChI=1S/C20H21ClO4.C10H12N2O5S/c1-13(2)24-19(23)20(3,4)25-17-11-7-15(8-12-17)18(22)14-5-9-16(21)10-6-14;1-4(13)17-2-5-3-18-9-6(11)8(14)12(9)7(5)10(15)16/h5-13H,1-4H3;6,9H,2-3,11H2,1H3,(H,15,16)/t;6-,9-/m.1/s1. The molecule has 1 amide bonds. The highest BCUT2D eigenvalue weighted by Crippen LogP contribution is 2.39. The largest absolute Gasteiger partial charge is 0.477 e. The summed E-state index contributed by atoms with van der Waals surface area (Å²) in [5, 5.41) is 9.41. The average Bonchev–Trinajstić information content (AvgIpc) is 2.95. The molecule has 3 N–H and O–H groups in total. The molecule has 0 spiro atoms. The molecule has 2 aromatic carbocycles. The molecule has 0 unspecified atom stereocenters. The van der Waals surface area contributed by atoms with Crippen LogP contribution in [0.15, 0.2) is 59.8 Å². The van der Waals surface area contributed by atoms with Gasteiger partial charge in [0.2, 0.25) is 5.91 Å². The number of fused-ring (bicyclic) bond motifs is 1. The molecular weight excluding hydrogens is 600 g/mol. The summed E-state index contributed by atoms with van der Waals surface area (Å²) in [6.07, 6.45) is -0.213. The number of carboxylic acid groups (broad SMARTS) is 1. The number of amides is 1. The molecule has 2 aliphatic heterocycles. The average molecular weight is 633 g/mol. The quantitative estimate of drug-likeness (QED) is 0.235. The van der Waals surface area contributed by atoms with E-state index in [1.54, 1.807) is 76.2 Å². The van der Waals surface area contributed by atoms with Gasteiger partial charge in [-0.25, -0.2) is 9.59 Å². The Morgan fingerprint density at radius 3 is 2.14 bits per heavy atom. The third-order valence-electron chi connectivity index (χ3n) is 6.17. The molecule has 43 heavy (non-hydrogen) atoms. The van der Waals surface area contributed by atoms with Gasteiger partial charge in [-0.3, -0.25) is 19.3 Å². The zero-order valence-electron chi connectivity index (χ0n) is 24.3. The van der Waals surface area contributed by atoms with Crippen LogP contribution in [0.2, 0.25) is 5.02 Å². The normalized spacial score (nSPS) is 17.7. The van der Waals surface area contributed by atoms with Crippen LogP contribution in [0.1, 0.15) is 50.5 Å². The Hall–Kier alpha value is -3.87. The molecule has 2 aromatic rings. The smallest absolute Gasteiger partial charge is 0.352 e. The van der Waals surface area contributed by atoms with Crippen molar-refractivity contribution in [2.24, 2.45) is 5.73 Å². The number of hydrogen-bond acceptors (Lipinski definition) is 10. The highest BCUT2D eigenvalue weighted by Gasteiger charge is 2.51. The number of ether oxygens (including phenoxy) is 3. The molecule has 0 bridgehead atoms. The first-order valence-corrected chi connectivity index (χ1v) is 14.6. The Morgan fingerprint density at radius 1 is 1.07 bits per heavy atom. The maximum absolute atomic E-state index is 12.4. The number of benzene rings is 2. The number of β-lactam (4-membered cyclic amide) rings is 1. The predicted octanol–water partition coefficient (Wildman–Crippen LogP) is 3.81. The van der Waals surface area contributed by atoms with Gasteiger partial charge in [0.05, 0.1) is 6.10 Å². The minimum absolute atomic E-state index is 0.105. The van der Waals surface area contributed by atoms with Crippen LogP contribution >= 0.6 is 23.4 Å². The molecule has 0 aliphatic carbocycles. The third-order valence-corrected chi connectivity index (χ3v) is 7.78. The number of hydrogen-bond donors (Lipinski definition) is 2. The van der Waals surface area contributed by atoms with Gasteiger partial charge in [0.15, 0.2) is 11.4 Å². The first-order chi connectivity index (χ1) is 20.1. The van der Waals surface area contributed by atoms with E-state index in [4.69, 9.17) is 36.7 Å². The molecule has 1 fully saturated rings. The van der Waals surface area contributed by atoms with Crippen molar-refractivity contribution in [1.82, 2.24) is 4.90 Å². The van der Waals surface area contributed by atoms with Crippen LogP contribution in [-0.4, -0.2) is 75.1 Å². The lowest BCUT2D eigenvalue weighted by atomic mass is 10.0. The molecule has 230 valence electrons. The number of carbonyl (C=O) groups is 5. The molecule has 13 heteroatoms. The number of carbonyl (C=O) groups excluding carboxylic acids is 4. The second-order valence-electron chi connectivity index (χ2n) is 10.4. The van der Waals surface area contributed by atoms with Crippen LogP contribution < -0.4 is 10.5 Å². The lowest BCUT2D eigenvalue weighted by Gasteiger charge is -2.47. The molecule has 0 radical (unpaired) electrons. The van der Waals surface area contributed by atoms with Crippen molar-refractivity contribution in [3.63, 3.8) is 0 Å². The minimum Gasteiger partial charge on any atom is -0.477 e. The van der Waals surface area contributed by atoms with Crippen molar-refractivity contribution < 1.29 is 43.3 Å². The number of halogens is 1. The zero-order valence-corrected chi connectivity index (χ0v) is 25.9. The van der Waals surface area contributed by atoms with Crippen molar-refractivity contribution in [3.05, 3.63) is 76.0 Å². The molecule has 4 rings (SSSR count). The number of ketones is 1. The third kappa shape index (κ3) is 8.37. The van der Waals surface area contributed by atoms with E-state index >= 15 is 0 Å². The van der Waals surface area contributed by atoms with Gasteiger partial charge in [0.25, 0.3) is 0 Å². The van der Waals surface area contributed by atoms with E-state index in [0.717, 1.165) is 0 Å².